The summed E-state index contributed by atoms with van der Waals surface area (Å²) in [7, 11) is 1.70. The third-order valence-electron chi connectivity index (χ3n) is 5.07. The Balaban J connectivity index is 1.86. The minimum Gasteiger partial charge on any atom is -0.339 e. The van der Waals surface area contributed by atoms with Crippen molar-refractivity contribution in [1.29, 1.82) is 0 Å². The summed E-state index contributed by atoms with van der Waals surface area (Å²) >= 11 is 0. The molecule has 8 nitrogen and oxygen atoms in total. The fourth-order valence-electron chi connectivity index (χ4n) is 3.37. The second kappa shape index (κ2) is 10.3. The van der Waals surface area contributed by atoms with Crippen LogP contribution < -0.4 is 5.32 Å². The Kier molecular flexibility index (Phi) is 8.38. The number of likely N-dealkylation sites (N-methyl/N-ethyl adjacent to an activating group) is 1. The Hall–Kier alpha value is -1.52. The lowest BCUT2D eigenvalue weighted by Gasteiger charge is -2.36. The van der Waals surface area contributed by atoms with Crippen molar-refractivity contribution in [1.82, 2.24) is 20.0 Å². The van der Waals surface area contributed by atoms with Crippen LogP contribution in [0.5, 0.6) is 0 Å². The lowest BCUT2D eigenvalue weighted by atomic mass is 10.0. The van der Waals surface area contributed by atoms with Gasteiger partial charge in [-0.25, -0.2) is 0 Å². The van der Waals surface area contributed by atoms with Crippen molar-refractivity contribution in [2.24, 2.45) is 0 Å². The van der Waals surface area contributed by atoms with Crippen LogP contribution in [0.3, 0.4) is 0 Å². The summed E-state index contributed by atoms with van der Waals surface area (Å²) in [5.41, 5.74) is 0.836. The molecule has 1 heterocycles. The monoisotopic (exact) mass is 412 g/mol. The molecule has 1 unspecified atom stereocenters. The number of hydrogen-bond acceptors (Lipinski definition) is 6. The molecule has 1 amide bonds. The van der Waals surface area contributed by atoms with E-state index in [1.165, 1.54) is 12.1 Å². The van der Waals surface area contributed by atoms with Crippen LogP contribution in [0.1, 0.15) is 12.0 Å². The molecule has 1 fully saturated rings. The zero-order valence-electron chi connectivity index (χ0n) is 17.0. The second-order valence-electron chi connectivity index (χ2n) is 7.49. The predicted octanol–water partition coefficient (Wildman–Crippen LogP) is 0.160. The van der Waals surface area contributed by atoms with Gasteiger partial charge in [0, 0.05) is 26.2 Å². The minimum absolute atomic E-state index is 0.0642. The van der Waals surface area contributed by atoms with Crippen molar-refractivity contribution in [2.45, 2.75) is 23.8 Å². The van der Waals surface area contributed by atoms with Gasteiger partial charge < -0.3 is 15.1 Å². The third-order valence-corrected chi connectivity index (χ3v) is 5.94. The Morgan fingerprint density at radius 1 is 1.18 bits per heavy atom. The first-order valence-corrected chi connectivity index (χ1v) is 11.0. The van der Waals surface area contributed by atoms with Gasteiger partial charge in [-0.1, -0.05) is 12.1 Å². The number of benzene rings is 1. The molecule has 1 aliphatic rings. The highest BCUT2D eigenvalue weighted by atomic mass is 32.2. The number of hydrogen-bond donors (Lipinski definition) is 2. The maximum Gasteiger partial charge on any atom is 0.294 e. The van der Waals surface area contributed by atoms with Gasteiger partial charge in [0.1, 0.15) is 0 Å². The molecule has 9 heteroatoms. The molecule has 28 heavy (non-hydrogen) atoms. The average molecular weight is 413 g/mol. The number of piperazine rings is 1. The normalized spacial score (nSPS) is 17.1. The number of amides is 1. The number of nitrogens with one attached hydrogen (secondary N) is 1. The molecule has 0 spiro atoms. The molecule has 1 aromatic rings. The predicted molar refractivity (Wildman–Crippen MR) is 109 cm³/mol. The molecule has 1 saturated heterocycles. The molecule has 2 N–H and O–H groups in total. The number of rotatable bonds is 9. The summed E-state index contributed by atoms with van der Waals surface area (Å²) < 4.78 is 31.3. The van der Waals surface area contributed by atoms with Gasteiger partial charge in [0.05, 0.1) is 10.9 Å². The molecule has 0 bridgehead atoms. The summed E-state index contributed by atoms with van der Waals surface area (Å²) in [5.74, 6) is 0.0642. The first kappa shape index (κ1) is 22.8. The van der Waals surface area contributed by atoms with Crippen LogP contribution in [0.25, 0.3) is 0 Å². The summed E-state index contributed by atoms with van der Waals surface area (Å²) in [6.07, 6.45) is 1.59. The summed E-state index contributed by atoms with van der Waals surface area (Å²) in [6, 6.07) is 5.60. The average Bonchev–Trinajstić information content (AvgIpc) is 2.65. The van der Waals surface area contributed by atoms with Crippen LogP contribution in [-0.2, 0) is 21.3 Å². The van der Waals surface area contributed by atoms with E-state index in [0.29, 0.717) is 6.42 Å². The maximum atomic E-state index is 12.9. The van der Waals surface area contributed by atoms with Gasteiger partial charge in [0.25, 0.3) is 10.1 Å². The largest absolute Gasteiger partial charge is 0.339 e. The van der Waals surface area contributed by atoms with Crippen LogP contribution >= 0.6 is 0 Å². The molecule has 1 aromatic carbocycles. The van der Waals surface area contributed by atoms with E-state index < -0.39 is 10.1 Å². The van der Waals surface area contributed by atoms with Gasteiger partial charge in [-0.15, -0.1) is 0 Å². The van der Waals surface area contributed by atoms with Crippen LogP contribution in [0.15, 0.2) is 29.2 Å². The fourth-order valence-corrected chi connectivity index (χ4v) is 3.85. The van der Waals surface area contributed by atoms with Crippen molar-refractivity contribution >= 4 is 16.0 Å². The highest BCUT2D eigenvalue weighted by molar-refractivity contribution is 7.85. The maximum absolute atomic E-state index is 12.9. The first-order chi connectivity index (χ1) is 13.2. The summed E-state index contributed by atoms with van der Waals surface area (Å²) in [6.45, 7) is 5.34. The van der Waals surface area contributed by atoms with E-state index in [1.54, 1.807) is 19.2 Å². The van der Waals surface area contributed by atoms with Gasteiger partial charge in [-0.05, 0) is 64.8 Å². The van der Waals surface area contributed by atoms with Crippen molar-refractivity contribution in [3.63, 3.8) is 0 Å². The van der Waals surface area contributed by atoms with Crippen molar-refractivity contribution in [3.05, 3.63) is 29.8 Å². The smallest absolute Gasteiger partial charge is 0.294 e. The molecular weight excluding hydrogens is 380 g/mol. The van der Waals surface area contributed by atoms with E-state index in [0.717, 1.165) is 51.3 Å². The minimum atomic E-state index is -4.20. The van der Waals surface area contributed by atoms with E-state index >= 15 is 0 Å². The Morgan fingerprint density at radius 3 is 2.29 bits per heavy atom. The Labute approximate surface area is 168 Å². The topological polar surface area (TPSA) is 93.2 Å². The fraction of sp³-hybridized carbons (Fsp3) is 0.632. The zero-order valence-corrected chi connectivity index (χ0v) is 17.8. The third kappa shape index (κ3) is 6.82. The molecule has 0 saturated carbocycles. The van der Waals surface area contributed by atoms with Gasteiger partial charge in [-0.3, -0.25) is 14.2 Å². The standard InChI is InChI=1S/C19H32N4O4S/c1-20-18(15-16-5-7-17(8-6-16)28(25,26)27)19(24)23-13-11-22(12-14-23)10-4-9-21(2)3/h5-8,18,20H,4,9-15H2,1-3H3,(H,25,26,27). The number of carbonyl (C=O) groups excluding carboxylic acids is 1. The molecule has 158 valence electrons. The second-order valence-corrected chi connectivity index (χ2v) is 8.91. The quantitative estimate of drug-likeness (QED) is 0.558. The molecule has 0 aliphatic carbocycles. The summed E-state index contributed by atoms with van der Waals surface area (Å²) in [5, 5.41) is 3.07. The SMILES string of the molecule is CNC(Cc1ccc(S(=O)(=O)O)cc1)C(=O)N1CCN(CCCN(C)C)CC1. The molecule has 0 radical (unpaired) electrons. The van der Waals surface area contributed by atoms with Crippen LogP contribution in [0, 0.1) is 0 Å². The van der Waals surface area contributed by atoms with E-state index in [9.17, 15) is 13.2 Å². The lowest BCUT2D eigenvalue weighted by Crippen LogP contribution is -2.54. The zero-order chi connectivity index (χ0) is 20.7. The highest BCUT2D eigenvalue weighted by Gasteiger charge is 2.26. The van der Waals surface area contributed by atoms with Crippen LogP contribution in [0.4, 0.5) is 0 Å². The van der Waals surface area contributed by atoms with Gasteiger partial charge in [0.15, 0.2) is 0 Å². The summed E-state index contributed by atoms with van der Waals surface area (Å²) in [4.78, 5) is 19.2. The molecule has 0 aromatic heterocycles. The Bertz CT molecular complexity index is 729. The van der Waals surface area contributed by atoms with E-state index in [1.807, 2.05) is 4.90 Å². The Morgan fingerprint density at radius 2 is 1.79 bits per heavy atom. The number of carbonyl (C=O) groups is 1. The van der Waals surface area contributed by atoms with E-state index in [2.05, 4.69) is 29.2 Å². The van der Waals surface area contributed by atoms with Crippen molar-refractivity contribution in [2.75, 3.05) is 60.4 Å². The first-order valence-electron chi connectivity index (χ1n) is 9.60. The lowest BCUT2D eigenvalue weighted by molar-refractivity contribution is -0.135. The van der Waals surface area contributed by atoms with Gasteiger partial charge >= 0.3 is 0 Å². The highest BCUT2D eigenvalue weighted by Crippen LogP contribution is 2.13. The molecule has 2 rings (SSSR count). The van der Waals surface area contributed by atoms with Gasteiger partial charge in [-0.2, -0.15) is 8.42 Å². The van der Waals surface area contributed by atoms with Crippen molar-refractivity contribution in [3.8, 4) is 0 Å². The molecule has 1 aliphatic heterocycles. The van der Waals surface area contributed by atoms with Gasteiger partial charge in [0.2, 0.25) is 5.91 Å². The molecule has 1 atom stereocenters. The number of nitrogens with zero attached hydrogens (tertiary/aromatic N) is 3. The van der Waals surface area contributed by atoms with Crippen LogP contribution in [0.2, 0.25) is 0 Å². The van der Waals surface area contributed by atoms with Crippen molar-refractivity contribution < 1.29 is 17.8 Å². The van der Waals surface area contributed by atoms with E-state index in [-0.39, 0.29) is 16.8 Å². The van der Waals surface area contributed by atoms with E-state index in [4.69, 9.17) is 4.55 Å². The van der Waals surface area contributed by atoms with Crippen LogP contribution in [-0.4, -0.2) is 100 Å². The molecular formula is C19H32N4O4S.